The number of fused-ring (bicyclic) bond motifs is 1. The number of halogens is 3. The van der Waals surface area contributed by atoms with Crippen molar-refractivity contribution in [2.75, 3.05) is 32.2 Å². The lowest BCUT2D eigenvalue weighted by Crippen LogP contribution is -2.44. The number of aromatic nitrogens is 4. The van der Waals surface area contributed by atoms with Crippen molar-refractivity contribution in [1.82, 2.24) is 19.6 Å². The Kier molecular flexibility index (Phi) is 4.35. The van der Waals surface area contributed by atoms with E-state index in [4.69, 9.17) is 9.47 Å². The zero-order valence-corrected chi connectivity index (χ0v) is 13.4. The van der Waals surface area contributed by atoms with Crippen molar-refractivity contribution in [3.8, 4) is 0 Å². The number of hydrogen-bond donors (Lipinski definition) is 1. The number of methoxy groups -OCH3 is 1. The number of nitrogens with zero attached hydrogens (tertiary/aromatic N) is 4. The molecular weight excluding hydrogens is 327 g/mol. The average molecular weight is 345 g/mol. The molecule has 0 radical (unpaired) electrons. The minimum atomic E-state index is -4.62. The van der Waals surface area contributed by atoms with Gasteiger partial charge >= 0.3 is 6.18 Å². The summed E-state index contributed by atoms with van der Waals surface area (Å²) in [5, 5.41) is 6.65. The molecule has 0 saturated carbocycles. The smallest absolute Gasteiger partial charge is 0.381 e. The molecule has 0 bridgehead atoms. The predicted molar refractivity (Wildman–Crippen MR) is 78.8 cm³/mol. The summed E-state index contributed by atoms with van der Waals surface area (Å²) in [5.74, 6) is -0.914. The van der Waals surface area contributed by atoms with Crippen LogP contribution in [0.1, 0.15) is 24.4 Å². The van der Waals surface area contributed by atoms with Crippen LogP contribution in [0.4, 0.5) is 19.0 Å². The van der Waals surface area contributed by atoms with Gasteiger partial charge < -0.3 is 14.8 Å². The average Bonchev–Trinajstić information content (AvgIpc) is 2.97. The molecule has 1 N–H and O–H groups in total. The van der Waals surface area contributed by atoms with Gasteiger partial charge in [-0.25, -0.2) is 4.98 Å². The van der Waals surface area contributed by atoms with E-state index < -0.39 is 17.6 Å². The molecule has 1 saturated heterocycles. The molecule has 24 heavy (non-hydrogen) atoms. The van der Waals surface area contributed by atoms with Gasteiger partial charge in [0.05, 0.1) is 5.60 Å². The van der Waals surface area contributed by atoms with Gasteiger partial charge in [0, 0.05) is 51.5 Å². The van der Waals surface area contributed by atoms with Gasteiger partial charge in [0.2, 0.25) is 0 Å². The van der Waals surface area contributed by atoms with E-state index in [1.165, 1.54) is 0 Å². The summed E-state index contributed by atoms with van der Waals surface area (Å²) in [6.45, 7) is 3.28. The van der Waals surface area contributed by atoms with E-state index in [9.17, 15) is 13.2 Å². The van der Waals surface area contributed by atoms with E-state index in [1.54, 1.807) is 20.1 Å². The Bertz CT molecular complexity index is 725. The van der Waals surface area contributed by atoms with Crippen molar-refractivity contribution >= 4 is 11.6 Å². The number of alkyl halides is 3. The lowest BCUT2D eigenvalue weighted by Gasteiger charge is -2.36. The SMILES string of the molecule is COC1(CNc2cc(C)nc3nc(C(F)(F)F)nn23)CCOCC1. The third-order valence-corrected chi connectivity index (χ3v) is 4.12. The molecule has 0 aliphatic carbocycles. The first-order valence-corrected chi connectivity index (χ1v) is 7.51. The molecule has 2 aromatic rings. The van der Waals surface area contributed by atoms with Crippen LogP contribution >= 0.6 is 0 Å². The van der Waals surface area contributed by atoms with Crippen LogP contribution in [0, 0.1) is 6.92 Å². The zero-order chi connectivity index (χ0) is 17.4. The number of hydrogen-bond acceptors (Lipinski definition) is 6. The van der Waals surface area contributed by atoms with Crippen LogP contribution in [0.5, 0.6) is 0 Å². The third kappa shape index (κ3) is 3.29. The Labute approximate surface area is 136 Å². The quantitative estimate of drug-likeness (QED) is 0.914. The Morgan fingerprint density at radius 3 is 2.67 bits per heavy atom. The van der Waals surface area contributed by atoms with Gasteiger partial charge in [-0.2, -0.15) is 22.7 Å². The van der Waals surface area contributed by atoms with E-state index in [-0.39, 0.29) is 5.78 Å². The van der Waals surface area contributed by atoms with Crippen molar-refractivity contribution in [3.63, 3.8) is 0 Å². The second-order valence-electron chi connectivity index (χ2n) is 5.78. The lowest BCUT2D eigenvalue weighted by molar-refractivity contribution is -0.144. The van der Waals surface area contributed by atoms with Gasteiger partial charge in [0.1, 0.15) is 5.82 Å². The highest BCUT2D eigenvalue weighted by Crippen LogP contribution is 2.28. The minimum absolute atomic E-state index is 0.0942. The molecule has 132 valence electrons. The van der Waals surface area contributed by atoms with Gasteiger partial charge in [-0.05, 0) is 6.92 Å². The second-order valence-corrected chi connectivity index (χ2v) is 5.78. The van der Waals surface area contributed by atoms with E-state index in [0.717, 1.165) is 4.52 Å². The molecular formula is C14H18F3N5O2. The summed E-state index contributed by atoms with van der Waals surface area (Å²) in [4.78, 5) is 7.46. The molecule has 2 aromatic heterocycles. The molecule has 0 unspecified atom stereocenters. The fraction of sp³-hybridized carbons (Fsp3) is 0.643. The number of anilines is 1. The molecule has 1 fully saturated rings. The van der Waals surface area contributed by atoms with Crippen LogP contribution in [0.15, 0.2) is 6.07 Å². The van der Waals surface area contributed by atoms with Crippen molar-refractivity contribution < 1.29 is 22.6 Å². The van der Waals surface area contributed by atoms with E-state index in [2.05, 4.69) is 20.4 Å². The molecule has 1 aliphatic heterocycles. The molecule has 0 aromatic carbocycles. The number of nitrogens with one attached hydrogen (secondary N) is 1. The Balaban J connectivity index is 1.89. The van der Waals surface area contributed by atoms with Gasteiger partial charge in [-0.1, -0.05) is 0 Å². The summed E-state index contributed by atoms with van der Waals surface area (Å²) >= 11 is 0. The van der Waals surface area contributed by atoms with Crippen LogP contribution in [0.3, 0.4) is 0 Å². The van der Waals surface area contributed by atoms with Gasteiger partial charge in [0.15, 0.2) is 0 Å². The number of rotatable bonds is 4. The molecule has 0 spiro atoms. The monoisotopic (exact) mass is 345 g/mol. The van der Waals surface area contributed by atoms with Gasteiger partial charge in [0.25, 0.3) is 11.6 Å². The van der Waals surface area contributed by atoms with Crippen LogP contribution in [0.25, 0.3) is 5.78 Å². The number of aryl methyl sites for hydroxylation is 1. The summed E-state index contributed by atoms with van der Waals surface area (Å²) in [7, 11) is 1.62. The molecule has 7 nitrogen and oxygen atoms in total. The zero-order valence-electron chi connectivity index (χ0n) is 13.4. The first-order chi connectivity index (χ1) is 11.3. The summed E-state index contributed by atoms with van der Waals surface area (Å²) < 4.78 is 50.5. The predicted octanol–water partition coefficient (Wildman–Crippen LogP) is 2.06. The van der Waals surface area contributed by atoms with Crippen LogP contribution in [-0.2, 0) is 15.7 Å². The molecule has 0 atom stereocenters. The van der Waals surface area contributed by atoms with E-state index in [0.29, 0.717) is 44.1 Å². The minimum Gasteiger partial charge on any atom is -0.381 e. The van der Waals surface area contributed by atoms with E-state index >= 15 is 0 Å². The van der Waals surface area contributed by atoms with Gasteiger partial charge in [-0.15, -0.1) is 5.10 Å². The van der Waals surface area contributed by atoms with Crippen molar-refractivity contribution in [1.29, 1.82) is 0 Å². The summed E-state index contributed by atoms with van der Waals surface area (Å²) in [6, 6.07) is 1.63. The number of ether oxygens (including phenoxy) is 2. The summed E-state index contributed by atoms with van der Waals surface area (Å²) in [5.41, 5.74) is 0.124. The topological polar surface area (TPSA) is 73.6 Å². The molecule has 3 heterocycles. The molecule has 3 rings (SSSR count). The Morgan fingerprint density at radius 1 is 1.33 bits per heavy atom. The fourth-order valence-corrected chi connectivity index (χ4v) is 2.68. The Morgan fingerprint density at radius 2 is 2.04 bits per heavy atom. The van der Waals surface area contributed by atoms with E-state index in [1.807, 2.05) is 0 Å². The highest BCUT2D eigenvalue weighted by molar-refractivity contribution is 5.45. The highest BCUT2D eigenvalue weighted by atomic mass is 19.4. The maximum Gasteiger partial charge on any atom is 0.453 e. The lowest BCUT2D eigenvalue weighted by atomic mass is 9.94. The second kappa shape index (κ2) is 6.17. The molecule has 0 amide bonds. The van der Waals surface area contributed by atoms with Crippen LogP contribution in [0.2, 0.25) is 0 Å². The molecule has 10 heteroatoms. The van der Waals surface area contributed by atoms with Crippen LogP contribution < -0.4 is 5.32 Å². The van der Waals surface area contributed by atoms with Gasteiger partial charge in [-0.3, -0.25) is 0 Å². The standard InChI is InChI=1S/C14H18F3N5O2/c1-9-7-10(18-8-13(23-2)3-5-24-6-4-13)22-12(19-9)20-11(21-22)14(15,16)17/h7,18H,3-6,8H2,1-2H3. The van der Waals surface area contributed by atoms with Crippen molar-refractivity contribution in [2.45, 2.75) is 31.5 Å². The highest BCUT2D eigenvalue weighted by Gasteiger charge is 2.37. The maximum atomic E-state index is 12.8. The van der Waals surface area contributed by atoms with Crippen molar-refractivity contribution in [3.05, 3.63) is 17.6 Å². The first-order valence-electron chi connectivity index (χ1n) is 7.51. The largest absolute Gasteiger partial charge is 0.453 e. The van der Waals surface area contributed by atoms with Crippen LogP contribution in [-0.4, -0.2) is 52.1 Å². The summed E-state index contributed by atoms with van der Waals surface area (Å²) in [6.07, 6.45) is -3.21. The third-order valence-electron chi connectivity index (χ3n) is 4.12. The normalized spacial score (nSPS) is 18.0. The molecule has 1 aliphatic rings. The maximum absolute atomic E-state index is 12.8. The Hall–Kier alpha value is -1.94. The fourth-order valence-electron chi connectivity index (χ4n) is 2.68. The van der Waals surface area contributed by atoms with Crippen molar-refractivity contribution in [2.24, 2.45) is 0 Å². The first kappa shape index (κ1) is 16.9.